The van der Waals surface area contributed by atoms with Crippen LogP contribution in [0.2, 0.25) is 0 Å². The van der Waals surface area contributed by atoms with E-state index in [1.54, 1.807) is 24.3 Å². The summed E-state index contributed by atoms with van der Waals surface area (Å²) in [6, 6.07) is 6.47. The molecule has 2 aliphatic rings. The van der Waals surface area contributed by atoms with Crippen LogP contribution in [0.4, 0.5) is 5.69 Å². The topological polar surface area (TPSA) is 199 Å². The van der Waals surface area contributed by atoms with Gasteiger partial charge in [0.1, 0.15) is 12.3 Å². The first-order valence-corrected chi connectivity index (χ1v) is 13.6. The molecule has 2 aliphatic carbocycles. The maximum absolute atomic E-state index is 10.6. The minimum atomic E-state index is -0.955. The Bertz CT molecular complexity index is 791. The van der Waals surface area contributed by atoms with Crippen molar-refractivity contribution >= 4 is 29.8 Å². The van der Waals surface area contributed by atoms with Gasteiger partial charge in [0, 0.05) is 30.6 Å². The molecule has 0 aromatic heterocycles. The van der Waals surface area contributed by atoms with E-state index in [1.807, 2.05) is 0 Å². The van der Waals surface area contributed by atoms with Crippen molar-refractivity contribution in [1.29, 1.82) is 0 Å². The van der Waals surface area contributed by atoms with Crippen LogP contribution in [-0.4, -0.2) is 53.0 Å². The number of carbonyl (C=O) groups is 4. The lowest BCUT2D eigenvalue weighted by Crippen LogP contribution is -2.30. The molecular formula is C28H48N4O6. The third-order valence-electron chi connectivity index (χ3n) is 6.24. The first-order valence-electron chi connectivity index (χ1n) is 13.6. The van der Waals surface area contributed by atoms with E-state index in [4.69, 9.17) is 27.4 Å². The molecule has 0 heterocycles. The van der Waals surface area contributed by atoms with E-state index in [9.17, 15) is 19.2 Å². The molecule has 1 aromatic carbocycles. The SMILES string of the molecule is CC(=O)Nc1ccc(C=O)cc1.NC1CCCCC1.NCCC[C@H](N)C(=O)O.O=C(O)CC1CCCCC1. The van der Waals surface area contributed by atoms with Crippen molar-refractivity contribution in [1.82, 2.24) is 0 Å². The van der Waals surface area contributed by atoms with Crippen molar-refractivity contribution in [3.63, 3.8) is 0 Å². The number of hydrogen-bond acceptors (Lipinski definition) is 7. The van der Waals surface area contributed by atoms with Gasteiger partial charge in [-0.05, 0) is 75.3 Å². The van der Waals surface area contributed by atoms with E-state index in [0.717, 1.165) is 19.1 Å². The number of nitrogens with two attached hydrogens (primary N) is 3. The van der Waals surface area contributed by atoms with Gasteiger partial charge in [0.25, 0.3) is 0 Å². The molecule has 9 N–H and O–H groups in total. The summed E-state index contributed by atoms with van der Waals surface area (Å²) in [4.78, 5) is 41.1. The fraction of sp³-hybridized carbons (Fsp3) is 0.643. The van der Waals surface area contributed by atoms with E-state index >= 15 is 0 Å². The second-order valence-electron chi connectivity index (χ2n) is 9.80. The highest BCUT2D eigenvalue weighted by atomic mass is 16.4. The van der Waals surface area contributed by atoms with Crippen LogP contribution in [0.5, 0.6) is 0 Å². The van der Waals surface area contributed by atoms with Crippen LogP contribution in [0, 0.1) is 5.92 Å². The molecule has 0 bridgehead atoms. The molecule has 1 atom stereocenters. The van der Waals surface area contributed by atoms with Crippen molar-refractivity contribution in [2.45, 2.75) is 102 Å². The molecule has 0 aliphatic heterocycles. The summed E-state index contributed by atoms with van der Waals surface area (Å²) < 4.78 is 0. The number of aliphatic carboxylic acids is 2. The molecule has 38 heavy (non-hydrogen) atoms. The first-order chi connectivity index (χ1) is 18.1. The van der Waals surface area contributed by atoms with E-state index < -0.39 is 18.0 Å². The monoisotopic (exact) mass is 536 g/mol. The second-order valence-corrected chi connectivity index (χ2v) is 9.80. The van der Waals surface area contributed by atoms with Crippen LogP contribution in [0.1, 0.15) is 101 Å². The number of aldehydes is 1. The van der Waals surface area contributed by atoms with Gasteiger partial charge in [-0.1, -0.05) is 38.5 Å². The molecule has 3 rings (SSSR count). The highest BCUT2D eigenvalue weighted by Crippen LogP contribution is 2.25. The molecule has 2 fully saturated rings. The predicted molar refractivity (Wildman–Crippen MR) is 150 cm³/mol. The number of amides is 1. The lowest BCUT2D eigenvalue weighted by Gasteiger charge is -2.18. The minimum absolute atomic E-state index is 0.117. The summed E-state index contributed by atoms with van der Waals surface area (Å²) >= 11 is 0. The number of anilines is 1. The molecule has 0 saturated heterocycles. The van der Waals surface area contributed by atoms with E-state index in [1.165, 1.54) is 58.3 Å². The van der Waals surface area contributed by atoms with Crippen LogP contribution in [0.15, 0.2) is 24.3 Å². The third kappa shape index (κ3) is 20.3. The van der Waals surface area contributed by atoms with Crippen molar-refractivity contribution in [2.24, 2.45) is 23.1 Å². The Labute approximate surface area is 226 Å². The van der Waals surface area contributed by atoms with Gasteiger partial charge in [0.05, 0.1) is 0 Å². The van der Waals surface area contributed by atoms with Crippen molar-refractivity contribution in [2.75, 3.05) is 11.9 Å². The Morgan fingerprint density at radius 1 is 0.974 bits per heavy atom. The largest absolute Gasteiger partial charge is 0.481 e. The number of nitrogens with one attached hydrogen (secondary N) is 1. The summed E-state index contributed by atoms with van der Waals surface area (Å²) in [7, 11) is 0. The third-order valence-corrected chi connectivity index (χ3v) is 6.24. The van der Waals surface area contributed by atoms with Crippen molar-refractivity contribution in [3.8, 4) is 0 Å². The van der Waals surface area contributed by atoms with Crippen LogP contribution >= 0.6 is 0 Å². The Kier molecular flexibility index (Phi) is 20.5. The van der Waals surface area contributed by atoms with Crippen molar-refractivity contribution in [3.05, 3.63) is 29.8 Å². The molecular weight excluding hydrogens is 488 g/mol. The maximum Gasteiger partial charge on any atom is 0.320 e. The first kappa shape index (κ1) is 35.2. The number of carbonyl (C=O) groups excluding carboxylic acids is 2. The zero-order chi connectivity index (χ0) is 28.8. The normalized spacial score (nSPS) is 16.1. The zero-order valence-corrected chi connectivity index (χ0v) is 22.8. The van der Waals surface area contributed by atoms with Crippen LogP contribution in [0.25, 0.3) is 0 Å². The summed E-state index contributed by atoms with van der Waals surface area (Å²) in [5.74, 6) is -1.23. The number of benzene rings is 1. The van der Waals surface area contributed by atoms with Crippen LogP contribution in [-0.2, 0) is 14.4 Å². The molecule has 0 spiro atoms. The molecule has 10 nitrogen and oxygen atoms in total. The molecule has 1 amide bonds. The quantitative estimate of drug-likeness (QED) is 0.266. The summed E-state index contributed by atoms with van der Waals surface area (Å²) in [5.41, 5.74) is 17.2. The summed E-state index contributed by atoms with van der Waals surface area (Å²) in [5, 5.41) is 19.3. The predicted octanol–water partition coefficient (Wildman–Crippen LogP) is 3.91. The smallest absolute Gasteiger partial charge is 0.320 e. The van der Waals surface area contributed by atoms with Gasteiger partial charge in [-0.15, -0.1) is 0 Å². The van der Waals surface area contributed by atoms with Gasteiger partial charge in [0.2, 0.25) is 5.91 Å². The van der Waals surface area contributed by atoms with Gasteiger partial charge in [-0.3, -0.25) is 19.2 Å². The lowest BCUT2D eigenvalue weighted by atomic mass is 9.87. The molecule has 1 aromatic rings. The summed E-state index contributed by atoms with van der Waals surface area (Å²) in [6.45, 7) is 1.94. The Hall–Kier alpha value is -2.82. The van der Waals surface area contributed by atoms with Gasteiger partial charge in [-0.2, -0.15) is 0 Å². The number of hydrogen-bond donors (Lipinski definition) is 6. The number of rotatable bonds is 8. The highest BCUT2D eigenvalue weighted by molar-refractivity contribution is 5.89. The van der Waals surface area contributed by atoms with Crippen molar-refractivity contribution < 1.29 is 29.4 Å². The highest BCUT2D eigenvalue weighted by Gasteiger charge is 2.15. The van der Waals surface area contributed by atoms with Gasteiger partial charge >= 0.3 is 11.9 Å². The summed E-state index contributed by atoms with van der Waals surface area (Å²) in [6.07, 6.45) is 15.0. The standard InChI is InChI=1S/C9H9NO2.C8H14O2.C6H13N.C5H12N2O2/c1-7(12)10-9-4-2-8(6-11)3-5-9;9-8(10)6-7-4-2-1-3-5-7;7-6-4-2-1-3-5-6;6-3-1-2-4(7)5(8)9/h2-6H,1H3,(H,10,12);7H,1-6H2,(H,9,10);6H,1-5,7H2;4H,1-3,6-7H2,(H,8,9)/t;;;4-/m...0/s1. The van der Waals surface area contributed by atoms with Crippen LogP contribution < -0.4 is 22.5 Å². The van der Waals surface area contributed by atoms with E-state index in [2.05, 4.69) is 5.32 Å². The van der Waals surface area contributed by atoms with Crippen LogP contribution in [0.3, 0.4) is 0 Å². The molecule has 216 valence electrons. The fourth-order valence-corrected chi connectivity index (χ4v) is 4.08. The Balaban J connectivity index is 0.000000489. The average molecular weight is 537 g/mol. The van der Waals surface area contributed by atoms with Gasteiger partial charge in [0.15, 0.2) is 0 Å². The Morgan fingerprint density at radius 3 is 1.87 bits per heavy atom. The number of carboxylic acids is 2. The minimum Gasteiger partial charge on any atom is -0.481 e. The second kappa shape index (κ2) is 22.2. The molecule has 0 unspecified atom stereocenters. The zero-order valence-electron chi connectivity index (χ0n) is 22.8. The Morgan fingerprint density at radius 2 is 1.50 bits per heavy atom. The molecule has 10 heteroatoms. The lowest BCUT2D eigenvalue weighted by molar-refractivity contribution is -0.139. The maximum atomic E-state index is 10.6. The number of carboxylic acid groups (broad SMARTS) is 2. The van der Waals surface area contributed by atoms with E-state index in [-0.39, 0.29) is 5.91 Å². The average Bonchev–Trinajstić information content (AvgIpc) is 2.89. The van der Waals surface area contributed by atoms with E-state index in [0.29, 0.717) is 49.0 Å². The van der Waals surface area contributed by atoms with Gasteiger partial charge in [-0.25, -0.2) is 0 Å². The molecule has 0 radical (unpaired) electrons. The van der Waals surface area contributed by atoms with Gasteiger partial charge < -0.3 is 32.7 Å². The molecule has 2 saturated carbocycles. The fourth-order valence-electron chi connectivity index (χ4n) is 4.08.